The Labute approximate surface area is 147 Å². The molecule has 0 atom stereocenters. The van der Waals surface area contributed by atoms with E-state index in [2.05, 4.69) is 24.4 Å². The molecule has 2 aliphatic rings. The van der Waals surface area contributed by atoms with Crippen LogP contribution in [-0.4, -0.2) is 23.0 Å². The second kappa shape index (κ2) is 6.42. The number of likely N-dealkylation sites (tertiary alicyclic amines) is 1. The molecule has 4 nitrogen and oxygen atoms in total. The number of aryl methyl sites for hydroxylation is 2. The first-order chi connectivity index (χ1) is 12.3. The Morgan fingerprint density at radius 1 is 0.960 bits per heavy atom. The summed E-state index contributed by atoms with van der Waals surface area (Å²) in [5, 5.41) is 18.4. The third-order valence-electron chi connectivity index (χ3n) is 5.16. The van der Waals surface area contributed by atoms with Crippen LogP contribution in [0.4, 0.5) is 0 Å². The fraction of sp³-hybridized carbons (Fsp3) is 0.286. The molecule has 0 bridgehead atoms. The molecule has 1 aromatic carbocycles. The van der Waals surface area contributed by atoms with Gasteiger partial charge in [0.1, 0.15) is 0 Å². The summed E-state index contributed by atoms with van der Waals surface area (Å²) < 4.78 is 0. The maximum Gasteiger partial charge on any atom is 0.179 e. The van der Waals surface area contributed by atoms with Gasteiger partial charge in [-0.05, 0) is 60.6 Å². The molecule has 0 saturated carbocycles. The minimum Gasteiger partial charge on any atom is -0.310 e. The first-order valence-corrected chi connectivity index (χ1v) is 8.64. The molecule has 0 radical (unpaired) electrons. The van der Waals surface area contributed by atoms with Gasteiger partial charge in [-0.3, -0.25) is 4.98 Å². The SMILES string of the molecule is N#Cc1ccc2c(c1)CCc1cccnc1C2=C1CCN(C#N)CC1. The van der Waals surface area contributed by atoms with Crippen LogP contribution in [0, 0.1) is 22.8 Å². The van der Waals surface area contributed by atoms with Gasteiger partial charge in [0.05, 0.1) is 17.3 Å². The molecule has 1 aromatic heterocycles. The lowest BCUT2D eigenvalue weighted by Crippen LogP contribution is -2.26. The van der Waals surface area contributed by atoms with Crippen molar-refractivity contribution in [3.8, 4) is 12.3 Å². The topological polar surface area (TPSA) is 63.7 Å². The molecule has 122 valence electrons. The van der Waals surface area contributed by atoms with Crippen molar-refractivity contribution in [3.63, 3.8) is 0 Å². The minimum absolute atomic E-state index is 0.710. The number of rotatable bonds is 0. The molecule has 0 N–H and O–H groups in total. The predicted octanol–water partition coefficient (Wildman–Crippen LogP) is 3.43. The lowest BCUT2D eigenvalue weighted by atomic mass is 9.88. The second-order valence-corrected chi connectivity index (χ2v) is 6.56. The predicted molar refractivity (Wildman–Crippen MR) is 95.2 cm³/mol. The first kappa shape index (κ1) is 15.4. The summed E-state index contributed by atoms with van der Waals surface area (Å²) in [6.45, 7) is 1.53. The van der Waals surface area contributed by atoms with E-state index in [1.54, 1.807) is 0 Å². The van der Waals surface area contributed by atoms with Crippen molar-refractivity contribution in [1.82, 2.24) is 9.88 Å². The molecule has 0 amide bonds. The fourth-order valence-corrected chi connectivity index (χ4v) is 3.86. The van der Waals surface area contributed by atoms with Gasteiger partial charge in [-0.1, -0.05) is 17.7 Å². The molecule has 0 unspecified atom stereocenters. The number of benzene rings is 1. The van der Waals surface area contributed by atoms with Crippen molar-refractivity contribution in [3.05, 3.63) is 70.0 Å². The molecular weight excluding hydrogens is 308 g/mol. The average molecular weight is 326 g/mol. The van der Waals surface area contributed by atoms with Gasteiger partial charge in [-0.2, -0.15) is 10.5 Å². The van der Waals surface area contributed by atoms with Crippen molar-refractivity contribution in [2.24, 2.45) is 0 Å². The van der Waals surface area contributed by atoms with Gasteiger partial charge in [0.25, 0.3) is 0 Å². The summed E-state index contributed by atoms with van der Waals surface area (Å²) in [5.41, 5.74) is 8.08. The van der Waals surface area contributed by atoms with Crippen molar-refractivity contribution < 1.29 is 0 Å². The molecule has 2 aromatic rings. The highest BCUT2D eigenvalue weighted by molar-refractivity contribution is 5.84. The van der Waals surface area contributed by atoms with E-state index in [1.165, 1.54) is 27.8 Å². The van der Waals surface area contributed by atoms with Crippen molar-refractivity contribution in [1.29, 1.82) is 10.5 Å². The van der Waals surface area contributed by atoms with Crippen LogP contribution in [0.1, 0.15) is 40.8 Å². The van der Waals surface area contributed by atoms with Crippen LogP contribution in [0.15, 0.2) is 42.1 Å². The Morgan fingerprint density at radius 2 is 1.76 bits per heavy atom. The maximum absolute atomic E-state index is 9.24. The zero-order chi connectivity index (χ0) is 17.2. The summed E-state index contributed by atoms with van der Waals surface area (Å²) in [5.74, 6) is 0. The Morgan fingerprint density at radius 3 is 2.52 bits per heavy atom. The lowest BCUT2D eigenvalue weighted by Gasteiger charge is -2.26. The summed E-state index contributed by atoms with van der Waals surface area (Å²) in [4.78, 5) is 6.53. The Balaban J connectivity index is 1.90. The molecule has 4 heteroatoms. The Bertz CT molecular complexity index is 933. The number of hydrogen-bond acceptors (Lipinski definition) is 4. The van der Waals surface area contributed by atoms with E-state index in [4.69, 9.17) is 10.2 Å². The van der Waals surface area contributed by atoms with Crippen LogP contribution in [-0.2, 0) is 12.8 Å². The van der Waals surface area contributed by atoms with Gasteiger partial charge in [0, 0.05) is 24.9 Å². The minimum atomic E-state index is 0.710. The zero-order valence-electron chi connectivity index (χ0n) is 14.0. The van der Waals surface area contributed by atoms with Gasteiger partial charge >= 0.3 is 0 Å². The summed E-state index contributed by atoms with van der Waals surface area (Å²) >= 11 is 0. The van der Waals surface area contributed by atoms with Crippen LogP contribution in [0.25, 0.3) is 5.57 Å². The molecule has 0 spiro atoms. The highest BCUT2D eigenvalue weighted by Crippen LogP contribution is 2.37. The number of aromatic nitrogens is 1. The van der Waals surface area contributed by atoms with E-state index in [0.717, 1.165) is 44.5 Å². The zero-order valence-corrected chi connectivity index (χ0v) is 14.0. The normalized spacial score (nSPS) is 16.3. The van der Waals surface area contributed by atoms with Gasteiger partial charge < -0.3 is 4.90 Å². The molecule has 4 rings (SSSR count). The van der Waals surface area contributed by atoms with Crippen molar-refractivity contribution >= 4 is 5.57 Å². The highest BCUT2D eigenvalue weighted by atomic mass is 15.1. The summed E-state index contributed by atoms with van der Waals surface area (Å²) in [7, 11) is 0. The number of nitriles is 2. The molecule has 1 saturated heterocycles. The van der Waals surface area contributed by atoms with Crippen LogP contribution >= 0.6 is 0 Å². The number of nitrogens with zero attached hydrogens (tertiary/aromatic N) is 4. The summed E-state index contributed by atoms with van der Waals surface area (Å²) in [6.07, 6.45) is 7.74. The quantitative estimate of drug-likeness (QED) is 0.696. The molecule has 1 aliphatic carbocycles. The van der Waals surface area contributed by atoms with E-state index in [1.807, 2.05) is 29.3 Å². The highest BCUT2D eigenvalue weighted by Gasteiger charge is 2.24. The monoisotopic (exact) mass is 326 g/mol. The molecule has 25 heavy (non-hydrogen) atoms. The van der Waals surface area contributed by atoms with Crippen LogP contribution in [0.2, 0.25) is 0 Å². The van der Waals surface area contributed by atoms with Crippen LogP contribution in [0.5, 0.6) is 0 Å². The second-order valence-electron chi connectivity index (χ2n) is 6.56. The molecule has 1 aliphatic heterocycles. The standard InChI is InChI=1S/C21H18N4/c22-13-15-3-6-19-18(12-15)5-4-17-2-1-9-24-21(17)20(19)16-7-10-25(14-23)11-8-16/h1-3,6,9,12H,4-5,7-8,10-11H2. The largest absolute Gasteiger partial charge is 0.310 e. The van der Waals surface area contributed by atoms with E-state index >= 15 is 0 Å². The van der Waals surface area contributed by atoms with E-state index < -0.39 is 0 Å². The maximum atomic E-state index is 9.24. The molecule has 2 heterocycles. The van der Waals surface area contributed by atoms with E-state index in [9.17, 15) is 5.26 Å². The first-order valence-electron chi connectivity index (χ1n) is 8.64. The Kier molecular flexibility index (Phi) is 3.96. The number of pyridine rings is 1. The third-order valence-corrected chi connectivity index (χ3v) is 5.16. The van der Waals surface area contributed by atoms with Crippen molar-refractivity contribution in [2.75, 3.05) is 13.1 Å². The van der Waals surface area contributed by atoms with Crippen LogP contribution in [0.3, 0.4) is 0 Å². The molecule has 1 fully saturated rings. The summed E-state index contributed by atoms with van der Waals surface area (Å²) in [6, 6.07) is 12.4. The lowest BCUT2D eigenvalue weighted by molar-refractivity contribution is 0.365. The smallest absolute Gasteiger partial charge is 0.179 e. The van der Waals surface area contributed by atoms with Gasteiger partial charge in [-0.15, -0.1) is 0 Å². The fourth-order valence-electron chi connectivity index (χ4n) is 3.86. The number of fused-ring (bicyclic) bond motifs is 2. The van der Waals surface area contributed by atoms with Gasteiger partial charge in [-0.25, -0.2) is 0 Å². The molecular formula is C21H18N4. The van der Waals surface area contributed by atoms with Gasteiger partial charge in [0.2, 0.25) is 0 Å². The number of piperidine rings is 1. The average Bonchev–Trinajstić information content (AvgIpc) is 2.84. The van der Waals surface area contributed by atoms with Crippen molar-refractivity contribution in [2.45, 2.75) is 25.7 Å². The van der Waals surface area contributed by atoms with E-state index in [-0.39, 0.29) is 0 Å². The van der Waals surface area contributed by atoms with Gasteiger partial charge in [0.15, 0.2) is 6.19 Å². The van der Waals surface area contributed by atoms with E-state index in [0.29, 0.717) is 5.56 Å². The Hall–Kier alpha value is -3.11. The number of hydrogen-bond donors (Lipinski definition) is 0. The third kappa shape index (κ3) is 2.77. The van der Waals surface area contributed by atoms with Crippen LogP contribution < -0.4 is 0 Å².